The summed E-state index contributed by atoms with van der Waals surface area (Å²) in [5.74, 6) is 1.87. The maximum atomic E-state index is 5.66. The highest BCUT2D eigenvalue weighted by atomic mass is 16.5. The summed E-state index contributed by atoms with van der Waals surface area (Å²) in [7, 11) is 0. The highest BCUT2D eigenvalue weighted by Gasteiger charge is 2.22. The molecule has 1 saturated carbocycles. The number of hydrogen-bond donors (Lipinski definition) is 0. The average molecular weight is 204 g/mol. The van der Waals surface area contributed by atoms with Crippen molar-refractivity contribution in [1.29, 1.82) is 0 Å². The molecule has 0 heterocycles. The average Bonchev–Trinajstić information content (AvgIpc) is 3.09. The number of unbranched alkanes of at least 4 members (excludes halogenated alkanes) is 2. The topological polar surface area (TPSA) is 9.23 Å². The third-order valence-corrected chi connectivity index (χ3v) is 2.95. The van der Waals surface area contributed by atoms with Crippen LogP contribution in [0.5, 0.6) is 5.75 Å². The summed E-state index contributed by atoms with van der Waals surface area (Å²) in [6.07, 6.45) is 6.43. The van der Waals surface area contributed by atoms with Crippen molar-refractivity contribution < 1.29 is 4.74 Å². The van der Waals surface area contributed by atoms with Crippen LogP contribution in [0, 0.1) is 0 Å². The van der Waals surface area contributed by atoms with Gasteiger partial charge in [-0.1, -0.05) is 31.9 Å². The molecule has 0 unspecified atom stereocenters. The van der Waals surface area contributed by atoms with E-state index in [2.05, 4.69) is 31.2 Å². The number of rotatable bonds is 6. The minimum Gasteiger partial charge on any atom is -0.494 e. The van der Waals surface area contributed by atoms with Crippen molar-refractivity contribution in [3.05, 3.63) is 29.8 Å². The Morgan fingerprint density at radius 3 is 2.47 bits per heavy atom. The molecule has 1 nitrogen and oxygen atoms in total. The lowest BCUT2D eigenvalue weighted by Crippen LogP contribution is -1.96. The zero-order chi connectivity index (χ0) is 10.5. The van der Waals surface area contributed by atoms with Gasteiger partial charge in [-0.3, -0.25) is 0 Å². The summed E-state index contributed by atoms with van der Waals surface area (Å²) in [4.78, 5) is 0. The van der Waals surface area contributed by atoms with Crippen molar-refractivity contribution in [1.82, 2.24) is 0 Å². The number of hydrogen-bond acceptors (Lipinski definition) is 1. The predicted molar refractivity (Wildman–Crippen MR) is 63.4 cm³/mol. The fourth-order valence-corrected chi connectivity index (χ4v) is 1.79. The van der Waals surface area contributed by atoms with Gasteiger partial charge in [-0.25, -0.2) is 0 Å². The first-order valence-corrected chi connectivity index (χ1v) is 6.13. The van der Waals surface area contributed by atoms with E-state index in [1.165, 1.54) is 37.7 Å². The highest BCUT2D eigenvalue weighted by molar-refractivity contribution is 5.31. The molecular formula is C14H20O. The van der Waals surface area contributed by atoms with Crippen LogP contribution >= 0.6 is 0 Å². The molecule has 1 aromatic rings. The van der Waals surface area contributed by atoms with Crippen LogP contribution in [0.3, 0.4) is 0 Å². The van der Waals surface area contributed by atoms with Gasteiger partial charge < -0.3 is 4.74 Å². The maximum absolute atomic E-state index is 5.66. The normalized spacial score (nSPS) is 15.3. The zero-order valence-electron chi connectivity index (χ0n) is 9.54. The fourth-order valence-electron chi connectivity index (χ4n) is 1.79. The monoisotopic (exact) mass is 204 g/mol. The van der Waals surface area contributed by atoms with Crippen LogP contribution in [0.25, 0.3) is 0 Å². The van der Waals surface area contributed by atoms with E-state index >= 15 is 0 Å². The second-order valence-electron chi connectivity index (χ2n) is 4.40. The summed E-state index contributed by atoms with van der Waals surface area (Å²) < 4.78 is 5.66. The quantitative estimate of drug-likeness (QED) is 0.633. The largest absolute Gasteiger partial charge is 0.494 e. The third-order valence-electron chi connectivity index (χ3n) is 2.95. The molecule has 0 saturated heterocycles. The molecule has 0 radical (unpaired) electrons. The van der Waals surface area contributed by atoms with Crippen molar-refractivity contribution in [2.45, 2.75) is 44.9 Å². The van der Waals surface area contributed by atoms with Gasteiger partial charge in [0.2, 0.25) is 0 Å². The summed E-state index contributed by atoms with van der Waals surface area (Å²) in [6.45, 7) is 3.07. The van der Waals surface area contributed by atoms with Crippen molar-refractivity contribution in [2.75, 3.05) is 6.61 Å². The fraction of sp³-hybridized carbons (Fsp3) is 0.571. The lowest BCUT2D eigenvalue weighted by Gasteiger charge is -2.06. The van der Waals surface area contributed by atoms with Gasteiger partial charge in [0.15, 0.2) is 0 Å². The molecule has 0 atom stereocenters. The van der Waals surface area contributed by atoms with Crippen LogP contribution in [-0.4, -0.2) is 6.61 Å². The van der Waals surface area contributed by atoms with Crippen molar-refractivity contribution >= 4 is 0 Å². The van der Waals surface area contributed by atoms with E-state index in [0.717, 1.165) is 18.3 Å². The van der Waals surface area contributed by atoms with Crippen LogP contribution in [0.1, 0.15) is 50.5 Å². The molecule has 1 aliphatic carbocycles. The molecule has 1 heteroatoms. The Bertz CT molecular complexity index is 285. The SMILES string of the molecule is CCCCCOc1ccc(C2CC2)cc1. The van der Waals surface area contributed by atoms with Gasteiger partial charge in [-0.05, 0) is 42.9 Å². The minimum atomic E-state index is 0.846. The van der Waals surface area contributed by atoms with Gasteiger partial charge in [0.1, 0.15) is 5.75 Å². The Morgan fingerprint density at radius 2 is 1.87 bits per heavy atom. The van der Waals surface area contributed by atoms with Gasteiger partial charge in [0.05, 0.1) is 6.61 Å². The standard InChI is InChI=1S/C14H20O/c1-2-3-4-11-15-14-9-7-13(8-10-14)12-5-6-12/h7-10,12H,2-6,11H2,1H3. The van der Waals surface area contributed by atoms with Crippen LogP contribution in [-0.2, 0) is 0 Å². The van der Waals surface area contributed by atoms with Gasteiger partial charge in [-0.2, -0.15) is 0 Å². The summed E-state index contributed by atoms with van der Waals surface area (Å²) in [5.41, 5.74) is 1.48. The summed E-state index contributed by atoms with van der Waals surface area (Å²) >= 11 is 0. The lowest BCUT2D eigenvalue weighted by atomic mass is 10.1. The second-order valence-corrected chi connectivity index (χ2v) is 4.40. The molecule has 1 aromatic carbocycles. The number of benzene rings is 1. The molecular weight excluding hydrogens is 184 g/mol. The van der Waals surface area contributed by atoms with Crippen LogP contribution in [0.15, 0.2) is 24.3 Å². The Balaban J connectivity index is 1.76. The smallest absolute Gasteiger partial charge is 0.119 e. The molecule has 0 bridgehead atoms. The van der Waals surface area contributed by atoms with E-state index in [0.29, 0.717) is 0 Å². The Labute approximate surface area is 92.5 Å². The maximum Gasteiger partial charge on any atom is 0.119 e. The highest BCUT2D eigenvalue weighted by Crippen LogP contribution is 2.40. The Kier molecular flexibility index (Phi) is 3.65. The van der Waals surface area contributed by atoms with Gasteiger partial charge in [0.25, 0.3) is 0 Å². The van der Waals surface area contributed by atoms with Crippen LogP contribution in [0.2, 0.25) is 0 Å². The molecule has 1 fully saturated rings. The third kappa shape index (κ3) is 3.26. The van der Waals surface area contributed by atoms with E-state index in [1.807, 2.05) is 0 Å². The summed E-state index contributed by atoms with van der Waals surface area (Å²) in [6, 6.07) is 8.65. The lowest BCUT2D eigenvalue weighted by molar-refractivity contribution is 0.306. The van der Waals surface area contributed by atoms with Crippen LogP contribution in [0.4, 0.5) is 0 Å². The van der Waals surface area contributed by atoms with Crippen molar-refractivity contribution in [2.24, 2.45) is 0 Å². The van der Waals surface area contributed by atoms with E-state index < -0.39 is 0 Å². The molecule has 0 spiro atoms. The van der Waals surface area contributed by atoms with Crippen molar-refractivity contribution in [3.8, 4) is 5.75 Å². The molecule has 0 amide bonds. The van der Waals surface area contributed by atoms with E-state index in [-0.39, 0.29) is 0 Å². The van der Waals surface area contributed by atoms with E-state index in [1.54, 1.807) is 0 Å². The predicted octanol–water partition coefficient (Wildman–Crippen LogP) is 4.13. The zero-order valence-corrected chi connectivity index (χ0v) is 9.54. The van der Waals surface area contributed by atoms with Gasteiger partial charge in [0, 0.05) is 0 Å². The van der Waals surface area contributed by atoms with E-state index in [4.69, 9.17) is 4.74 Å². The molecule has 1 aliphatic rings. The first-order valence-electron chi connectivity index (χ1n) is 6.13. The second kappa shape index (κ2) is 5.20. The molecule has 0 aliphatic heterocycles. The molecule has 15 heavy (non-hydrogen) atoms. The first kappa shape index (κ1) is 10.5. The number of ether oxygens (including phenoxy) is 1. The molecule has 0 aromatic heterocycles. The minimum absolute atomic E-state index is 0.846. The molecule has 0 N–H and O–H groups in total. The Morgan fingerprint density at radius 1 is 1.13 bits per heavy atom. The molecule has 2 rings (SSSR count). The van der Waals surface area contributed by atoms with Crippen LogP contribution < -0.4 is 4.74 Å². The van der Waals surface area contributed by atoms with Gasteiger partial charge >= 0.3 is 0 Å². The van der Waals surface area contributed by atoms with Gasteiger partial charge in [-0.15, -0.1) is 0 Å². The van der Waals surface area contributed by atoms with E-state index in [9.17, 15) is 0 Å². The Hall–Kier alpha value is -0.980. The van der Waals surface area contributed by atoms with Crippen molar-refractivity contribution in [3.63, 3.8) is 0 Å². The molecule has 82 valence electrons. The first-order chi connectivity index (χ1) is 7.40. The summed E-state index contributed by atoms with van der Waals surface area (Å²) in [5, 5.41) is 0.